The van der Waals surface area contributed by atoms with Gasteiger partial charge in [-0.3, -0.25) is 4.79 Å². The van der Waals surface area contributed by atoms with E-state index in [1.165, 1.54) is 6.42 Å². The van der Waals surface area contributed by atoms with Crippen LogP contribution in [-0.2, 0) is 4.79 Å². The summed E-state index contributed by atoms with van der Waals surface area (Å²) in [6, 6.07) is 7.57. The SMILES string of the molecule is CCCOc1ccc(NC(=O)C2CCC2)cc1. The van der Waals surface area contributed by atoms with Crippen LogP contribution in [0.2, 0.25) is 0 Å². The zero-order valence-corrected chi connectivity index (χ0v) is 10.2. The highest BCUT2D eigenvalue weighted by atomic mass is 16.5. The molecule has 1 saturated carbocycles. The summed E-state index contributed by atoms with van der Waals surface area (Å²) in [4.78, 5) is 11.7. The van der Waals surface area contributed by atoms with E-state index in [1.807, 2.05) is 24.3 Å². The maximum absolute atomic E-state index is 11.7. The van der Waals surface area contributed by atoms with E-state index in [0.29, 0.717) is 0 Å². The molecule has 1 aliphatic carbocycles. The number of ether oxygens (including phenoxy) is 1. The third-order valence-electron chi connectivity index (χ3n) is 3.07. The summed E-state index contributed by atoms with van der Waals surface area (Å²) in [5, 5.41) is 2.93. The molecule has 0 aromatic heterocycles. The summed E-state index contributed by atoms with van der Waals surface area (Å²) in [6.45, 7) is 2.81. The summed E-state index contributed by atoms with van der Waals surface area (Å²) < 4.78 is 5.48. The molecule has 3 nitrogen and oxygen atoms in total. The van der Waals surface area contributed by atoms with E-state index in [2.05, 4.69) is 12.2 Å². The van der Waals surface area contributed by atoms with Crippen molar-refractivity contribution in [1.29, 1.82) is 0 Å². The third kappa shape index (κ3) is 3.22. The molecule has 0 unspecified atom stereocenters. The molecule has 1 amide bonds. The lowest BCUT2D eigenvalue weighted by Gasteiger charge is -2.24. The third-order valence-corrected chi connectivity index (χ3v) is 3.07. The Labute approximate surface area is 102 Å². The van der Waals surface area contributed by atoms with E-state index in [4.69, 9.17) is 4.74 Å². The van der Waals surface area contributed by atoms with Crippen molar-refractivity contribution in [3.05, 3.63) is 24.3 Å². The van der Waals surface area contributed by atoms with Crippen molar-refractivity contribution in [3.8, 4) is 5.75 Å². The van der Waals surface area contributed by atoms with Gasteiger partial charge in [0.05, 0.1) is 6.61 Å². The fourth-order valence-electron chi connectivity index (χ4n) is 1.77. The molecule has 1 fully saturated rings. The van der Waals surface area contributed by atoms with Crippen molar-refractivity contribution in [2.45, 2.75) is 32.6 Å². The van der Waals surface area contributed by atoms with Gasteiger partial charge < -0.3 is 10.1 Å². The first-order valence-electron chi connectivity index (χ1n) is 6.33. The van der Waals surface area contributed by atoms with Gasteiger partial charge in [-0.2, -0.15) is 0 Å². The summed E-state index contributed by atoms with van der Waals surface area (Å²) in [5.41, 5.74) is 0.853. The summed E-state index contributed by atoms with van der Waals surface area (Å²) >= 11 is 0. The second-order valence-corrected chi connectivity index (χ2v) is 4.49. The molecule has 3 heteroatoms. The minimum atomic E-state index is 0.151. The first-order valence-corrected chi connectivity index (χ1v) is 6.33. The van der Waals surface area contributed by atoms with Gasteiger partial charge in [0.15, 0.2) is 0 Å². The molecular formula is C14H19NO2. The Morgan fingerprint density at radius 1 is 1.35 bits per heavy atom. The zero-order valence-electron chi connectivity index (χ0n) is 10.2. The largest absolute Gasteiger partial charge is 0.494 e. The molecule has 2 rings (SSSR count). The molecule has 0 radical (unpaired) electrons. The second kappa shape index (κ2) is 5.71. The molecule has 0 atom stereocenters. The van der Waals surface area contributed by atoms with Crippen LogP contribution in [0.3, 0.4) is 0 Å². The molecule has 92 valence electrons. The number of hydrogen-bond donors (Lipinski definition) is 1. The molecule has 0 bridgehead atoms. The normalized spacial score (nSPS) is 15.1. The monoisotopic (exact) mass is 233 g/mol. The van der Waals surface area contributed by atoms with Crippen LogP contribution in [0.1, 0.15) is 32.6 Å². The van der Waals surface area contributed by atoms with Gasteiger partial charge in [0, 0.05) is 11.6 Å². The van der Waals surface area contributed by atoms with Crippen molar-refractivity contribution < 1.29 is 9.53 Å². The first-order chi connectivity index (χ1) is 8.29. The van der Waals surface area contributed by atoms with Crippen molar-refractivity contribution >= 4 is 11.6 Å². The molecule has 0 aliphatic heterocycles. The van der Waals surface area contributed by atoms with Gasteiger partial charge in [0.2, 0.25) is 5.91 Å². The van der Waals surface area contributed by atoms with E-state index < -0.39 is 0 Å². The van der Waals surface area contributed by atoms with Crippen LogP contribution >= 0.6 is 0 Å². The molecule has 1 N–H and O–H groups in total. The lowest BCUT2D eigenvalue weighted by molar-refractivity contribution is -0.122. The zero-order chi connectivity index (χ0) is 12.1. The van der Waals surface area contributed by atoms with Crippen LogP contribution < -0.4 is 10.1 Å². The molecule has 0 spiro atoms. The number of rotatable bonds is 5. The highest BCUT2D eigenvalue weighted by Gasteiger charge is 2.24. The van der Waals surface area contributed by atoms with E-state index in [-0.39, 0.29) is 11.8 Å². The van der Waals surface area contributed by atoms with Gasteiger partial charge in [0.25, 0.3) is 0 Å². The van der Waals surface area contributed by atoms with Gasteiger partial charge >= 0.3 is 0 Å². The Bertz CT molecular complexity index is 368. The van der Waals surface area contributed by atoms with Gasteiger partial charge in [0.1, 0.15) is 5.75 Å². The predicted molar refractivity (Wildman–Crippen MR) is 68.2 cm³/mol. The Balaban J connectivity index is 1.86. The Kier molecular flexibility index (Phi) is 4.02. The summed E-state index contributed by atoms with van der Waals surface area (Å²) in [6.07, 6.45) is 4.25. The number of benzene rings is 1. The van der Waals surface area contributed by atoms with E-state index in [1.54, 1.807) is 0 Å². The smallest absolute Gasteiger partial charge is 0.227 e. The van der Waals surface area contributed by atoms with E-state index in [9.17, 15) is 4.79 Å². The van der Waals surface area contributed by atoms with Gasteiger partial charge in [-0.05, 0) is 43.5 Å². The lowest BCUT2D eigenvalue weighted by Crippen LogP contribution is -2.27. The second-order valence-electron chi connectivity index (χ2n) is 4.49. The van der Waals surface area contributed by atoms with Crippen LogP contribution in [0.4, 0.5) is 5.69 Å². The number of hydrogen-bond acceptors (Lipinski definition) is 2. The minimum Gasteiger partial charge on any atom is -0.494 e. The highest BCUT2D eigenvalue weighted by Crippen LogP contribution is 2.27. The van der Waals surface area contributed by atoms with Crippen LogP contribution in [0, 0.1) is 5.92 Å². The fraction of sp³-hybridized carbons (Fsp3) is 0.500. The highest BCUT2D eigenvalue weighted by molar-refractivity contribution is 5.93. The van der Waals surface area contributed by atoms with Crippen LogP contribution in [0.25, 0.3) is 0 Å². The minimum absolute atomic E-state index is 0.151. The Morgan fingerprint density at radius 3 is 2.59 bits per heavy atom. The topological polar surface area (TPSA) is 38.3 Å². The average molecular weight is 233 g/mol. The maximum atomic E-state index is 11.7. The average Bonchev–Trinajstić information content (AvgIpc) is 2.26. The quantitative estimate of drug-likeness (QED) is 0.848. The van der Waals surface area contributed by atoms with Crippen LogP contribution in [-0.4, -0.2) is 12.5 Å². The van der Waals surface area contributed by atoms with Crippen molar-refractivity contribution in [2.75, 3.05) is 11.9 Å². The number of anilines is 1. The molecule has 1 aliphatic rings. The number of carbonyl (C=O) groups is 1. The standard InChI is InChI=1S/C14H19NO2/c1-2-10-17-13-8-6-12(7-9-13)15-14(16)11-4-3-5-11/h6-9,11H,2-5,10H2,1H3,(H,15,16). The van der Waals surface area contributed by atoms with Crippen molar-refractivity contribution in [3.63, 3.8) is 0 Å². The molecule has 0 saturated heterocycles. The molecular weight excluding hydrogens is 214 g/mol. The Morgan fingerprint density at radius 2 is 2.06 bits per heavy atom. The number of nitrogens with one attached hydrogen (secondary N) is 1. The number of amides is 1. The predicted octanol–water partition coefficient (Wildman–Crippen LogP) is 3.21. The maximum Gasteiger partial charge on any atom is 0.227 e. The molecule has 0 heterocycles. The van der Waals surface area contributed by atoms with Gasteiger partial charge in [-0.25, -0.2) is 0 Å². The van der Waals surface area contributed by atoms with Crippen LogP contribution in [0.15, 0.2) is 24.3 Å². The van der Waals surface area contributed by atoms with Crippen molar-refractivity contribution in [1.82, 2.24) is 0 Å². The Hall–Kier alpha value is -1.51. The summed E-state index contributed by atoms with van der Waals surface area (Å²) in [7, 11) is 0. The van der Waals surface area contributed by atoms with Gasteiger partial charge in [-0.1, -0.05) is 13.3 Å². The number of carbonyl (C=O) groups excluding carboxylic acids is 1. The molecule has 1 aromatic carbocycles. The van der Waals surface area contributed by atoms with E-state index in [0.717, 1.165) is 37.3 Å². The fourth-order valence-corrected chi connectivity index (χ4v) is 1.77. The molecule has 1 aromatic rings. The lowest BCUT2D eigenvalue weighted by atomic mass is 9.85. The van der Waals surface area contributed by atoms with E-state index >= 15 is 0 Å². The van der Waals surface area contributed by atoms with Crippen LogP contribution in [0.5, 0.6) is 5.75 Å². The summed E-state index contributed by atoms with van der Waals surface area (Å²) in [5.74, 6) is 1.23. The molecule has 17 heavy (non-hydrogen) atoms. The van der Waals surface area contributed by atoms with Crippen molar-refractivity contribution in [2.24, 2.45) is 5.92 Å². The first kappa shape index (κ1) is 12.0. The van der Waals surface area contributed by atoms with Gasteiger partial charge in [-0.15, -0.1) is 0 Å².